The summed E-state index contributed by atoms with van der Waals surface area (Å²) in [4.78, 5) is 9.09. The summed E-state index contributed by atoms with van der Waals surface area (Å²) in [6.07, 6.45) is 1.62. The number of rotatable bonds is 5. The van der Waals surface area contributed by atoms with Crippen molar-refractivity contribution in [3.8, 4) is 11.3 Å². The van der Waals surface area contributed by atoms with Crippen LogP contribution in [0.15, 0.2) is 68.7 Å². The molecular weight excluding hydrogens is 354 g/mol. The smallest absolute Gasteiger partial charge is 0.194 e. The van der Waals surface area contributed by atoms with Crippen molar-refractivity contribution in [3.63, 3.8) is 0 Å². The van der Waals surface area contributed by atoms with E-state index in [4.69, 9.17) is 8.94 Å². The van der Waals surface area contributed by atoms with Crippen LogP contribution in [0.5, 0.6) is 0 Å². The van der Waals surface area contributed by atoms with Crippen LogP contribution in [0.25, 0.3) is 11.3 Å². The minimum absolute atomic E-state index is 0.610. The van der Waals surface area contributed by atoms with Crippen molar-refractivity contribution in [1.82, 2.24) is 20.3 Å². The Morgan fingerprint density at radius 3 is 2.61 bits per heavy atom. The number of aliphatic imine (C=N–C) groups is 1. The largest absolute Gasteiger partial charge is 0.459 e. The van der Waals surface area contributed by atoms with Crippen LogP contribution in [0, 0.1) is 0 Å². The fourth-order valence-electron chi connectivity index (χ4n) is 3.39. The number of aromatic nitrogens is 1. The molecule has 28 heavy (non-hydrogen) atoms. The Bertz CT molecular complexity index is 881. The highest BCUT2D eigenvalue weighted by Crippen LogP contribution is 2.21. The number of benzene rings is 1. The average Bonchev–Trinajstić information content (AvgIpc) is 3.42. The average molecular weight is 379 g/mol. The molecule has 0 unspecified atom stereocenters. The van der Waals surface area contributed by atoms with Gasteiger partial charge in [0.15, 0.2) is 5.96 Å². The minimum Gasteiger partial charge on any atom is -0.459 e. The van der Waals surface area contributed by atoms with Crippen molar-refractivity contribution in [2.75, 3.05) is 33.2 Å². The SMILES string of the molecule is CN=C(NCc1ccc(-c2ccccc2)o1)N1CCN(Cc2ccon2)CC1. The summed E-state index contributed by atoms with van der Waals surface area (Å²) in [6.45, 7) is 5.21. The van der Waals surface area contributed by atoms with Crippen molar-refractivity contribution >= 4 is 5.96 Å². The van der Waals surface area contributed by atoms with Crippen LogP contribution in [0.4, 0.5) is 0 Å². The highest BCUT2D eigenvalue weighted by molar-refractivity contribution is 5.80. The highest BCUT2D eigenvalue weighted by Gasteiger charge is 2.20. The van der Waals surface area contributed by atoms with E-state index in [0.717, 1.165) is 61.5 Å². The normalized spacial score (nSPS) is 15.8. The van der Waals surface area contributed by atoms with E-state index in [-0.39, 0.29) is 0 Å². The zero-order valence-electron chi connectivity index (χ0n) is 16.0. The molecule has 1 fully saturated rings. The molecule has 3 aromatic rings. The first-order chi connectivity index (χ1) is 13.8. The van der Waals surface area contributed by atoms with Gasteiger partial charge in [-0.05, 0) is 12.1 Å². The second-order valence-corrected chi connectivity index (χ2v) is 6.79. The van der Waals surface area contributed by atoms with E-state index >= 15 is 0 Å². The van der Waals surface area contributed by atoms with E-state index < -0.39 is 0 Å². The Labute approximate surface area is 164 Å². The number of piperazine rings is 1. The molecule has 4 rings (SSSR count). The molecule has 2 aromatic heterocycles. The highest BCUT2D eigenvalue weighted by atomic mass is 16.5. The third-order valence-corrected chi connectivity index (χ3v) is 4.90. The van der Waals surface area contributed by atoms with E-state index in [1.54, 1.807) is 6.26 Å². The molecule has 0 saturated carbocycles. The van der Waals surface area contributed by atoms with Crippen LogP contribution in [0.3, 0.4) is 0 Å². The van der Waals surface area contributed by atoms with E-state index in [1.165, 1.54) is 0 Å². The molecule has 0 spiro atoms. The van der Waals surface area contributed by atoms with Gasteiger partial charge in [-0.3, -0.25) is 9.89 Å². The predicted molar refractivity (Wildman–Crippen MR) is 108 cm³/mol. The molecule has 146 valence electrons. The van der Waals surface area contributed by atoms with Crippen molar-refractivity contribution in [2.24, 2.45) is 4.99 Å². The van der Waals surface area contributed by atoms with Crippen molar-refractivity contribution in [2.45, 2.75) is 13.1 Å². The van der Waals surface area contributed by atoms with Gasteiger partial charge in [-0.15, -0.1) is 0 Å². The molecular formula is C21H25N5O2. The lowest BCUT2D eigenvalue weighted by Gasteiger charge is -2.36. The summed E-state index contributed by atoms with van der Waals surface area (Å²) in [7, 11) is 1.82. The van der Waals surface area contributed by atoms with E-state index in [1.807, 2.05) is 55.6 Å². The van der Waals surface area contributed by atoms with Crippen LogP contribution >= 0.6 is 0 Å². The Morgan fingerprint density at radius 2 is 1.89 bits per heavy atom. The molecule has 7 heteroatoms. The van der Waals surface area contributed by atoms with Crippen LogP contribution in [-0.2, 0) is 13.1 Å². The number of hydrogen-bond donors (Lipinski definition) is 1. The van der Waals surface area contributed by atoms with Gasteiger partial charge >= 0.3 is 0 Å². The Hall–Kier alpha value is -3.06. The molecule has 0 bridgehead atoms. The van der Waals surface area contributed by atoms with Crippen molar-refractivity contribution < 1.29 is 8.94 Å². The number of nitrogens with zero attached hydrogens (tertiary/aromatic N) is 4. The fourth-order valence-corrected chi connectivity index (χ4v) is 3.39. The molecule has 1 aliphatic rings. The molecule has 0 atom stereocenters. The maximum atomic E-state index is 5.97. The lowest BCUT2D eigenvalue weighted by molar-refractivity contribution is 0.169. The summed E-state index contributed by atoms with van der Waals surface area (Å²) in [5, 5.41) is 7.41. The van der Waals surface area contributed by atoms with Crippen molar-refractivity contribution in [1.29, 1.82) is 0 Å². The molecule has 0 radical (unpaired) electrons. The quantitative estimate of drug-likeness (QED) is 0.543. The van der Waals surface area contributed by atoms with Crippen LogP contribution in [-0.4, -0.2) is 54.1 Å². The molecule has 3 heterocycles. The van der Waals surface area contributed by atoms with Gasteiger partial charge in [0.1, 0.15) is 17.8 Å². The standard InChI is InChI=1S/C21H25N5O2/c1-22-21(26-12-10-25(11-13-26)16-18-9-14-27-24-18)23-15-19-7-8-20(28-19)17-5-3-2-4-6-17/h2-9,14H,10-13,15-16H2,1H3,(H,22,23). The van der Waals surface area contributed by atoms with E-state index in [0.29, 0.717) is 6.54 Å². The Balaban J connectivity index is 1.28. The maximum Gasteiger partial charge on any atom is 0.194 e. The number of nitrogens with one attached hydrogen (secondary N) is 1. The third kappa shape index (κ3) is 4.43. The first-order valence-electron chi connectivity index (χ1n) is 9.53. The Morgan fingerprint density at radius 1 is 1.07 bits per heavy atom. The zero-order valence-corrected chi connectivity index (χ0v) is 16.0. The van der Waals surface area contributed by atoms with Crippen molar-refractivity contribution in [3.05, 3.63) is 66.2 Å². The van der Waals surface area contributed by atoms with Crippen LogP contribution in [0.1, 0.15) is 11.5 Å². The summed E-state index contributed by atoms with van der Waals surface area (Å²) >= 11 is 0. The molecule has 1 saturated heterocycles. The second-order valence-electron chi connectivity index (χ2n) is 6.79. The maximum absolute atomic E-state index is 5.97. The number of hydrogen-bond acceptors (Lipinski definition) is 5. The number of guanidine groups is 1. The fraction of sp³-hybridized carbons (Fsp3) is 0.333. The molecule has 1 aromatic carbocycles. The molecule has 7 nitrogen and oxygen atoms in total. The minimum atomic E-state index is 0.610. The first kappa shape index (κ1) is 18.3. The van der Waals surface area contributed by atoms with Gasteiger partial charge < -0.3 is 19.2 Å². The van der Waals surface area contributed by atoms with Gasteiger partial charge in [0, 0.05) is 51.4 Å². The monoisotopic (exact) mass is 379 g/mol. The molecule has 1 aliphatic heterocycles. The van der Waals surface area contributed by atoms with Crippen LogP contribution < -0.4 is 5.32 Å². The zero-order chi connectivity index (χ0) is 19.2. The molecule has 0 aliphatic carbocycles. The van der Waals surface area contributed by atoms with Crippen LogP contribution in [0.2, 0.25) is 0 Å². The van der Waals surface area contributed by atoms with Gasteiger partial charge in [-0.1, -0.05) is 35.5 Å². The second kappa shape index (κ2) is 8.75. The van der Waals surface area contributed by atoms with E-state index in [2.05, 4.69) is 25.3 Å². The first-order valence-corrected chi connectivity index (χ1v) is 9.53. The Kier molecular flexibility index (Phi) is 5.72. The lowest BCUT2D eigenvalue weighted by Crippen LogP contribution is -2.52. The predicted octanol–water partition coefficient (Wildman–Crippen LogP) is 2.83. The summed E-state index contributed by atoms with van der Waals surface area (Å²) < 4.78 is 10.9. The number of furan rings is 1. The van der Waals surface area contributed by atoms with Gasteiger partial charge in [-0.25, -0.2) is 0 Å². The van der Waals surface area contributed by atoms with E-state index in [9.17, 15) is 0 Å². The summed E-state index contributed by atoms with van der Waals surface area (Å²) in [5.74, 6) is 2.68. The van der Waals surface area contributed by atoms with Gasteiger partial charge in [0.05, 0.1) is 12.2 Å². The van der Waals surface area contributed by atoms with Gasteiger partial charge in [-0.2, -0.15) is 0 Å². The summed E-state index contributed by atoms with van der Waals surface area (Å²) in [6, 6.07) is 16.1. The van der Waals surface area contributed by atoms with Gasteiger partial charge in [0.25, 0.3) is 0 Å². The summed E-state index contributed by atoms with van der Waals surface area (Å²) in [5.41, 5.74) is 2.06. The lowest BCUT2D eigenvalue weighted by atomic mass is 10.2. The topological polar surface area (TPSA) is 70.0 Å². The third-order valence-electron chi connectivity index (χ3n) is 4.90. The molecule has 0 amide bonds. The van der Waals surface area contributed by atoms with Gasteiger partial charge in [0.2, 0.25) is 0 Å². The molecule has 1 N–H and O–H groups in total.